The summed E-state index contributed by atoms with van der Waals surface area (Å²) in [4.78, 5) is 0. The van der Waals surface area contributed by atoms with E-state index >= 15 is 0 Å². The molecule has 1 heterocycles. The normalized spacial score (nSPS) is 12.0. The molecule has 0 radical (unpaired) electrons. The molecule has 19 heavy (non-hydrogen) atoms. The molecule has 1 rings (SSSR count). The second-order valence-electron chi connectivity index (χ2n) is 4.24. The van der Waals surface area contributed by atoms with E-state index in [-0.39, 0.29) is 0 Å². The monoisotopic (exact) mass is 287 g/mol. The molecule has 0 N–H and O–H groups in total. The Morgan fingerprint density at radius 1 is 1.00 bits per heavy atom. The van der Waals surface area contributed by atoms with Crippen molar-refractivity contribution in [3.05, 3.63) is 18.7 Å². The van der Waals surface area contributed by atoms with Gasteiger partial charge in [0.1, 0.15) is 12.4 Å². The number of unbranched alkanes of at least 4 members (excludes halogenated alkanes) is 1. The summed E-state index contributed by atoms with van der Waals surface area (Å²) in [6.45, 7) is 10.9. The fraction of sp³-hybridized carbons (Fsp3) is 0.769. The number of aromatic nitrogens is 2. The standard InChI is InChI=1S/C13H27N2O3Si/c1-5-9-10-14-11-12-15(13-14)19(16-6-2,17-7-3)18-8-4/h11-13H,5-10H2,1-4H3/q+1. The number of hydrogen-bond acceptors (Lipinski definition) is 3. The number of rotatable bonds is 10. The van der Waals surface area contributed by atoms with E-state index in [0.717, 1.165) is 6.54 Å². The van der Waals surface area contributed by atoms with Crippen LogP contribution in [0.4, 0.5) is 0 Å². The van der Waals surface area contributed by atoms with E-state index < -0.39 is 8.97 Å². The average Bonchev–Trinajstić information content (AvgIpc) is 2.86. The molecule has 0 amide bonds. The minimum absolute atomic E-state index is 0.583. The van der Waals surface area contributed by atoms with Gasteiger partial charge in [-0.3, -0.25) is 0 Å². The predicted octanol–water partition coefficient (Wildman–Crippen LogP) is 1.97. The van der Waals surface area contributed by atoms with Gasteiger partial charge in [0.05, 0.1) is 6.54 Å². The average molecular weight is 287 g/mol. The van der Waals surface area contributed by atoms with Gasteiger partial charge in [0.25, 0.3) is 0 Å². The number of nitrogens with zero attached hydrogens (tertiary/aromatic N) is 2. The summed E-state index contributed by atoms with van der Waals surface area (Å²) in [5.41, 5.74) is 0. The molecule has 0 atom stereocenters. The zero-order chi connectivity index (χ0) is 14.1. The van der Waals surface area contributed by atoms with Crippen LogP contribution in [-0.2, 0) is 19.8 Å². The maximum absolute atomic E-state index is 5.86. The highest BCUT2D eigenvalue weighted by molar-refractivity contribution is 6.58. The van der Waals surface area contributed by atoms with Crippen LogP contribution in [0, 0.1) is 0 Å². The van der Waals surface area contributed by atoms with Crippen molar-refractivity contribution in [1.29, 1.82) is 0 Å². The lowest BCUT2D eigenvalue weighted by atomic mass is 10.3. The van der Waals surface area contributed by atoms with Crippen molar-refractivity contribution in [3.8, 4) is 0 Å². The van der Waals surface area contributed by atoms with Crippen LogP contribution in [0.1, 0.15) is 40.5 Å². The minimum Gasteiger partial charge on any atom is -0.338 e. The molecule has 6 heteroatoms. The zero-order valence-electron chi connectivity index (χ0n) is 12.6. The van der Waals surface area contributed by atoms with Gasteiger partial charge in [0, 0.05) is 19.8 Å². The van der Waals surface area contributed by atoms with Crippen LogP contribution >= 0.6 is 0 Å². The molecule has 0 spiro atoms. The van der Waals surface area contributed by atoms with E-state index in [1.165, 1.54) is 12.8 Å². The van der Waals surface area contributed by atoms with E-state index in [1.807, 2.05) is 37.5 Å². The predicted molar refractivity (Wildman–Crippen MR) is 75.6 cm³/mol. The Kier molecular flexibility index (Phi) is 7.30. The molecule has 110 valence electrons. The van der Waals surface area contributed by atoms with Crippen molar-refractivity contribution in [2.75, 3.05) is 19.8 Å². The van der Waals surface area contributed by atoms with Gasteiger partial charge in [-0.2, -0.15) is 0 Å². The van der Waals surface area contributed by atoms with Gasteiger partial charge >= 0.3 is 8.97 Å². The van der Waals surface area contributed by atoms with Crippen molar-refractivity contribution in [1.82, 2.24) is 4.23 Å². The second-order valence-corrected chi connectivity index (χ2v) is 6.67. The van der Waals surface area contributed by atoms with Crippen molar-refractivity contribution in [2.45, 2.75) is 47.1 Å². The lowest BCUT2D eigenvalue weighted by molar-refractivity contribution is -0.696. The van der Waals surface area contributed by atoms with Crippen LogP contribution < -0.4 is 4.57 Å². The molecular weight excluding hydrogens is 260 g/mol. The van der Waals surface area contributed by atoms with Crippen molar-refractivity contribution in [3.63, 3.8) is 0 Å². The first-order valence-corrected chi connectivity index (χ1v) is 8.88. The fourth-order valence-corrected chi connectivity index (χ4v) is 4.26. The summed E-state index contributed by atoms with van der Waals surface area (Å²) in [6, 6.07) is 0. The van der Waals surface area contributed by atoms with E-state index in [1.54, 1.807) is 0 Å². The van der Waals surface area contributed by atoms with E-state index in [9.17, 15) is 0 Å². The van der Waals surface area contributed by atoms with Gasteiger partial charge in [0.15, 0.2) is 0 Å². The third kappa shape index (κ3) is 4.41. The smallest absolute Gasteiger partial charge is 0.338 e. The summed E-state index contributed by atoms with van der Waals surface area (Å²) in [5, 5.41) is 0. The molecule has 5 nitrogen and oxygen atoms in total. The van der Waals surface area contributed by atoms with Crippen LogP contribution in [0.15, 0.2) is 18.7 Å². The molecule has 0 aliphatic rings. The van der Waals surface area contributed by atoms with Crippen LogP contribution in [0.5, 0.6) is 0 Å². The van der Waals surface area contributed by atoms with Crippen LogP contribution in [0.2, 0.25) is 0 Å². The Morgan fingerprint density at radius 2 is 1.58 bits per heavy atom. The molecular formula is C13H27N2O3Si+. The van der Waals surface area contributed by atoms with Gasteiger partial charge in [0.2, 0.25) is 6.33 Å². The molecule has 0 fully saturated rings. The van der Waals surface area contributed by atoms with Gasteiger partial charge in [-0.25, -0.2) is 8.80 Å². The number of imidazole rings is 1. The number of aryl methyl sites for hydroxylation is 1. The molecule has 0 saturated heterocycles. The second kappa shape index (κ2) is 8.47. The Balaban J connectivity index is 2.91. The SMILES string of the molecule is CCCC[n+]1ccn([Si](OCC)(OCC)OCC)c1. The molecule has 1 aromatic rings. The Morgan fingerprint density at radius 3 is 2.05 bits per heavy atom. The van der Waals surface area contributed by atoms with Gasteiger partial charge in [-0.05, 0) is 27.2 Å². The topological polar surface area (TPSA) is 36.5 Å². The molecule has 0 saturated carbocycles. The summed E-state index contributed by atoms with van der Waals surface area (Å²) in [7, 11) is -2.79. The lowest BCUT2D eigenvalue weighted by Gasteiger charge is -2.22. The third-order valence-corrected chi connectivity index (χ3v) is 5.62. The molecule has 0 aliphatic heterocycles. The molecule has 0 unspecified atom stereocenters. The largest absolute Gasteiger partial charge is 0.757 e. The minimum atomic E-state index is -2.79. The Labute approximate surface area is 117 Å². The summed E-state index contributed by atoms with van der Waals surface area (Å²) < 4.78 is 21.7. The van der Waals surface area contributed by atoms with Gasteiger partial charge < -0.3 is 13.3 Å². The Hall–Kier alpha value is -0.693. The van der Waals surface area contributed by atoms with Gasteiger partial charge in [-0.1, -0.05) is 13.3 Å². The van der Waals surface area contributed by atoms with E-state index in [0.29, 0.717) is 19.8 Å². The fourth-order valence-electron chi connectivity index (χ4n) is 1.92. The van der Waals surface area contributed by atoms with Crippen LogP contribution in [-0.4, -0.2) is 33.0 Å². The molecule has 0 bridgehead atoms. The third-order valence-electron chi connectivity index (χ3n) is 2.76. The summed E-state index contributed by atoms with van der Waals surface area (Å²) in [6.07, 6.45) is 8.42. The quantitative estimate of drug-likeness (QED) is 0.488. The number of hydrogen-bond donors (Lipinski definition) is 0. The maximum atomic E-state index is 5.86. The van der Waals surface area contributed by atoms with E-state index in [2.05, 4.69) is 17.7 Å². The van der Waals surface area contributed by atoms with Crippen LogP contribution in [0.3, 0.4) is 0 Å². The first-order valence-electron chi connectivity index (χ1n) is 7.21. The molecule has 0 aliphatic carbocycles. The van der Waals surface area contributed by atoms with Crippen molar-refractivity contribution in [2.24, 2.45) is 0 Å². The maximum Gasteiger partial charge on any atom is 0.757 e. The Bertz CT molecular complexity index is 340. The van der Waals surface area contributed by atoms with Crippen molar-refractivity contribution >= 4 is 8.97 Å². The van der Waals surface area contributed by atoms with Crippen molar-refractivity contribution < 1.29 is 17.8 Å². The van der Waals surface area contributed by atoms with E-state index in [4.69, 9.17) is 13.3 Å². The highest BCUT2D eigenvalue weighted by Crippen LogP contribution is 2.12. The first kappa shape index (κ1) is 16.4. The first-order chi connectivity index (χ1) is 9.22. The van der Waals surface area contributed by atoms with Gasteiger partial charge in [-0.15, -0.1) is 0 Å². The summed E-state index contributed by atoms with van der Waals surface area (Å²) in [5.74, 6) is 0. The van der Waals surface area contributed by atoms with Crippen LogP contribution in [0.25, 0.3) is 0 Å². The molecule has 0 aromatic carbocycles. The summed E-state index contributed by atoms with van der Waals surface area (Å²) >= 11 is 0. The zero-order valence-corrected chi connectivity index (χ0v) is 13.6. The molecule has 1 aromatic heterocycles. The highest BCUT2D eigenvalue weighted by atomic mass is 28.4. The lowest BCUT2D eigenvalue weighted by Crippen LogP contribution is -2.53. The highest BCUT2D eigenvalue weighted by Gasteiger charge is 2.52.